The van der Waals surface area contributed by atoms with Crippen LogP contribution < -0.4 is 11.3 Å². The van der Waals surface area contributed by atoms with Gasteiger partial charge >= 0.3 is 0 Å². The first kappa shape index (κ1) is 22.9. The fourth-order valence-electron chi connectivity index (χ4n) is 5.32. The summed E-state index contributed by atoms with van der Waals surface area (Å²) in [6.07, 6.45) is 2.44. The van der Waals surface area contributed by atoms with Gasteiger partial charge in [-0.3, -0.25) is 9.78 Å². The molecule has 2 heterocycles. The molecular formula is C30H27N5O2. The van der Waals surface area contributed by atoms with Crippen LogP contribution in [0.15, 0.2) is 114 Å². The van der Waals surface area contributed by atoms with Crippen LogP contribution >= 0.6 is 0 Å². The Labute approximate surface area is 214 Å². The second kappa shape index (κ2) is 9.19. The van der Waals surface area contributed by atoms with Gasteiger partial charge in [0.15, 0.2) is 11.2 Å². The summed E-state index contributed by atoms with van der Waals surface area (Å²) in [5.41, 5.74) is 9.62. The second-order valence-electron chi connectivity index (χ2n) is 9.39. The van der Waals surface area contributed by atoms with Crippen LogP contribution in [-0.4, -0.2) is 26.1 Å². The van der Waals surface area contributed by atoms with Crippen molar-refractivity contribution in [2.24, 2.45) is 5.92 Å². The van der Waals surface area contributed by atoms with Gasteiger partial charge in [-0.1, -0.05) is 97.6 Å². The lowest BCUT2D eigenvalue weighted by molar-refractivity contribution is -0.0154. The number of imidazole rings is 1. The van der Waals surface area contributed by atoms with Gasteiger partial charge in [-0.2, -0.15) is 4.98 Å². The molecule has 184 valence electrons. The predicted octanol–water partition coefficient (Wildman–Crippen LogP) is 4.83. The van der Waals surface area contributed by atoms with E-state index in [2.05, 4.69) is 57.9 Å². The van der Waals surface area contributed by atoms with Crippen molar-refractivity contribution in [3.8, 4) is 0 Å². The van der Waals surface area contributed by atoms with E-state index in [9.17, 15) is 4.79 Å². The molecular weight excluding hydrogens is 462 g/mol. The molecule has 0 spiro atoms. The van der Waals surface area contributed by atoms with Crippen molar-refractivity contribution in [1.82, 2.24) is 19.5 Å². The van der Waals surface area contributed by atoms with E-state index in [4.69, 9.17) is 10.5 Å². The summed E-state index contributed by atoms with van der Waals surface area (Å²) < 4.78 is 8.86. The summed E-state index contributed by atoms with van der Waals surface area (Å²) in [6.45, 7) is 4.86. The number of aromatic nitrogens is 4. The van der Waals surface area contributed by atoms with Gasteiger partial charge in [-0.15, -0.1) is 0 Å². The number of nitrogens with one attached hydrogen (secondary N) is 1. The number of hydrogen-bond acceptors (Lipinski definition) is 5. The second-order valence-corrected chi connectivity index (χ2v) is 9.39. The average molecular weight is 490 g/mol. The Hall–Kier alpha value is -4.49. The van der Waals surface area contributed by atoms with Gasteiger partial charge in [-0.25, -0.2) is 4.98 Å². The minimum atomic E-state index is -0.778. The Kier molecular flexibility index (Phi) is 5.70. The van der Waals surface area contributed by atoms with Crippen molar-refractivity contribution in [2.45, 2.75) is 18.1 Å². The molecule has 1 fully saturated rings. The molecule has 3 aromatic carbocycles. The Morgan fingerprint density at radius 3 is 2.00 bits per heavy atom. The lowest BCUT2D eigenvalue weighted by Gasteiger charge is -2.42. The number of hydrogen-bond donors (Lipinski definition) is 2. The van der Waals surface area contributed by atoms with Gasteiger partial charge in [0, 0.05) is 5.92 Å². The fourth-order valence-corrected chi connectivity index (χ4v) is 5.32. The highest BCUT2D eigenvalue weighted by Crippen LogP contribution is 2.46. The van der Waals surface area contributed by atoms with E-state index in [1.807, 2.05) is 59.2 Å². The predicted molar refractivity (Wildman–Crippen MR) is 144 cm³/mol. The summed E-state index contributed by atoms with van der Waals surface area (Å²) in [7, 11) is 0. The summed E-state index contributed by atoms with van der Waals surface area (Å²) in [4.78, 5) is 23.3. The van der Waals surface area contributed by atoms with Gasteiger partial charge in [0.25, 0.3) is 5.56 Å². The molecule has 37 heavy (non-hydrogen) atoms. The highest BCUT2D eigenvalue weighted by molar-refractivity contribution is 5.71. The molecule has 1 saturated carbocycles. The zero-order chi connectivity index (χ0) is 25.4. The summed E-state index contributed by atoms with van der Waals surface area (Å²) in [6, 6.07) is 31.0. The zero-order valence-corrected chi connectivity index (χ0v) is 20.2. The van der Waals surface area contributed by atoms with Crippen LogP contribution in [0.1, 0.15) is 29.2 Å². The average Bonchev–Trinajstić information content (AvgIpc) is 3.35. The maximum absolute atomic E-state index is 12.2. The summed E-state index contributed by atoms with van der Waals surface area (Å²) in [5.74, 6) is 0.208. The van der Waals surface area contributed by atoms with Crippen molar-refractivity contribution in [3.63, 3.8) is 0 Å². The number of anilines is 1. The number of H-pyrrole nitrogens is 1. The Balaban J connectivity index is 1.33. The molecule has 0 bridgehead atoms. The lowest BCUT2D eigenvalue weighted by atomic mass is 9.75. The number of ether oxygens (including phenoxy) is 1. The minimum absolute atomic E-state index is 0.0214. The van der Waals surface area contributed by atoms with Crippen LogP contribution in [0.3, 0.4) is 0 Å². The number of nitrogens with two attached hydrogens (primary N) is 1. The van der Waals surface area contributed by atoms with Crippen LogP contribution in [0.5, 0.6) is 0 Å². The molecule has 2 aromatic heterocycles. The van der Waals surface area contributed by atoms with Gasteiger partial charge in [-0.05, 0) is 28.7 Å². The molecule has 0 unspecified atom stereocenters. The maximum Gasteiger partial charge on any atom is 0.280 e. The molecule has 2 atom stereocenters. The topological polar surface area (TPSA) is 98.8 Å². The molecule has 7 nitrogen and oxygen atoms in total. The van der Waals surface area contributed by atoms with Crippen LogP contribution in [0, 0.1) is 5.92 Å². The number of nitrogens with zero attached hydrogens (tertiary/aromatic N) is 3. The molecule has 5 aromatic rings. The van der Waals surface area contributed by atoms with Gasteiger partial charge in [0.1, 0.15) is 5.60 Å². The standard InChI is InChI=1S/C30H27N5O2/c1-20-21(17-25(20)35-19-32-26-27(35)33-29(31)34-28(26)36)18-37-30(22-11-5-2-6-12-22,23-13-7-3-8-14-23)24-15-9-4-10-16-24/h2-16,19,21,25H,1,17-18H2,(H3,31,33,34,36)/t21-,25-/m1/s1. The molecule has 6 rings (SSSR count). The van der Waals surface area contributed by atoms with Crippen molar-refractivity contribution in [2.75, 3.05) is 12.3 Å². The van der Waals surface area contributed by atoms with Crippen LogP contribution in [0.4, 0.5) is 5.95 Å². The third-order valence-electron chi connectivity index (χ3n) is 7.29. The van der Waals surface area contributed by atoms with Gasteiger partial charge in [0.2, 0.25) is 5.95 Å². The van der Waals surface area contributed by atoms with Crippen molar-refractivity contribution in [1.29, 1.82) is 0 Å². The lowest BCUT2D eigenvalue weighted by Crippen LogP contribution is -2.39. The van der Waals surface area contributed by atoms with Crippen LogP contribution in [0.25, 0.3) is 11.2 Å². The molecule has 0 saturated heterocycles. The molecule has 0 amide bonds. The third-order valence-corrected chi connectivity index (χ3v) is 7.29. The van der Waals surface area contributed by atoms with E-state index in [-0.39, 0.29) is 29.0 Å². The Morgan fingerprint density at radius 1 is 0.946 bits per heavy atom. The molecule has 1 aliphatic carbocycles. The molecule has 1 aliphatic rings. The van der Waals surface area contributed by atoms with Crippen LogP contribution in [0.2, 0.25) is 0 Å². The Morgan fingerprint density at radius 2 is 1.49 bits per heavy atom. The summed E-state index contributed by atoms with van der Waals surface area (Å²) >= 11 is 0. The smallest absolute Gasteiger partial charge is 0.280 e. The first-order valence-corrected chi connectivity index (χ1v) is 12.3. The molecule has 0 radical (unpaired) electrons. The van der Waals surface area contributed by atoms with Crippen molar-refractivity contribution >= 4 is 17.1 Å². The maximum atomic E-state index is 12.2. The van der Waals surface area contributed by atoms with E-state index in [0.29, 0.717) is 12.3 Å². The van der Waals surface area contributed by atoms with E-state index in [1.165, 1.54) is 0 Å². The van der Waals surface area contributed by atoms with E-state index in [1.54, 1.807) is 6.33 Å². The molecule has 3 N–H and O–H groups in total. The quantitative estimate of drug-likeness (QED) is 0.252. The van der Waals surface area contributed by atoms with E-state index >= 15 is 0 Å². The number of benzene rings is 3. The highest BCUT2D eigenvalue weighted by atomic mass is 16.5. The van der Waals surface area contributed by atoms with Crippen molar-refractivity contribution in [3.05, 3.63) is 137 Å². The first-order chi connectivity index (χ1) is 18.1. The van der Waals surface area contributed by atoms with Gasteiger partial charge in [0.05, 0.1) is 19.0 Å². The number of aromatic amines is 1. The van der Waals surface area contributed by atoms with E-state index < -0.39 is 5.60 Å². The Bertz CT molecular complexity index is 1510. The SMILES string of the molecule is C=C1[C@@H](COC(c2ccccc2)(c2ccccc2)c2ccccc2)C[C@H]1n1cnc2c(=O)[nH]c(N)nc21. The number of nitrogen functional groups attached to an aromatic ring is 1. The fraction of sp³-hybridized carbons (Fsp3) is 0.167. The van der Waals surface area contributed by atoms with Gasteiger partial charge < -0.3 is 15.0 Å². The third kappa shape index (κ3) is 3.84. The number of fused-ring (bicyclic) bond motifs is 1. The zero-order valence-electron chi connectivity index (χ0n) is 20.2. The monoisotopic (exact) mass is 489 g/mol. The first-order valence-electron chi connectivity index (χ1n) is 12.3. The van der Waals surface area contributed by atoms with E-state index in [0.717, 1.165) is 28.7 Å². The molecule has 0 aliphatic heterocycles. The molecule has 7 heteroatoms. The highest BCUT2D eigenvalue weighted by Gasteiger charge is 2.42. The largest absolute Gasteiger partial charge is 0.369 e. The normalized spacial score (nSPS) is 17.6. The number of rotatable bonds is 7. The summed E-state index contributed by atoms with van der Waals surface area (Å²) in [5, 5.41) is 0. The van der Waals surface area contributed by atoms with Crippen molar-refractivity contribution < 1.29 is 4.74 Å². The van der Waals surface area contributed by atoms with Crippen LogP contribution in [-0.2, 0) is 10.3 Å². The minimum Gasteiger partial charge on any atom is -0.369 e.